The molecule has 1 atom stereocenters. The van der Waals surface area contributed by atoms with Gasteiger partial charge < -0.3 is 14.6 Å². The van der Waals surface area contributed by atoms with E-state index in [1.54, 1.807) is 48.5 Å². The SMILES string of the molecule is CCCOC(=O)c1cccc(N2C(=O)C(=O)/C(=C(/O)c3cccc(OCC)c3)C2c2cccc(C)c2)c1. The van der Waals surface area contributed by atoms with Crippen LogP contribution in [0.25, 0.3) is 5.76 Å². The fourth-order valence-corrected chi connectivity index (χ4v) is 4.37. The van der Waals surface area contributed by atoms with Gasteiger partial charge in [0.15, 0.2) is 0 Å². The van der Waals surface area contributed by atoms with Gasteiger partial charge in [-0.2, -0.15) is 0 Å². The van der Waals surface area contributed by atoms with Gasteiger partial charge in [0.05, 0.1) is 30.4 Å². The number of rotatable bonds is 8. The number of nitrogens with zero attached hydrogens (tertiary/aromatic N) is 1. The third kappa shape index (κ3) is 5.26. The van der Waals surface area contributed by atoms with Crippen LogP contribution in [0.2, 0.25) is 0 Å². The quantitative estimate of drug-likeness (QED) is 0.188. The first-order chi connectivity index (χ1) is 17.8. The summed E-state index contributed by atoms with van der Waals surface area (Å²) in [5.41, 5.74) is 2.52. The molecule has 3 aromatic carbocycles. The number of hydrogen-bond acceptors (Lipinski definition) is 6. The summed E-state index contributed by atoms with van der Waals surface area (Å²) in [4.78, 5) is 40.7. The van der Waals surface area contributed by atoms with Crippen molar-refractivity contribution in [3.63, 3.8) is 0 Å². The van der Waals surface area contributed by atoms with Gasteiger partial charge in [-0.15, -0.1) is 0 Å². The minimum Gasteiger partial charge on any atom is -0.507 e. The van der Waals surface area contributed by atoms with E-state index in [2.05, 4.69) is 0 Å². The Balaban J connectivity index is 1.88. The van der Waals surface area contributed by atoms with Crippen molar-refractivity contribution < 1.29 is 29.0 Å². The highest BCUT2D eigenvalue weighted by Crippen LogP contribution is 2.42. The van der Waals surface area contributed by atoms with Gasteiger partial charge in [0, 0.05) is 11.3 Å². The largest absolute Gasteiger partial charge is 0.507 e. The highest BCUT2D eigenvalue weighted by atomic mass is 16.5. The smallest absolute Gasteiger partial charge is 0.338 e. The molecular formula is C30H29NO6. The Morgan fingerprint density at radius 2 is 1.68 bits per heavy atom. The van der Waals surface area contributed by atoms with Crippen LogP contribution in [0.15, 0.2) is 78.4 Å². The van der Waals surface area contributed by atoms with E-state index in [-0.39, 0.29) is 23.5 Å². The lowest BCUT2D eigenvalue weighted by Gasteiger charge is -2.26. The maximum atomic E-state index is 13.4. The maximum absolute atomic E-state index is 13.4. The maximum Gasteiger partial charge on any atom is 0.338 e. The number of Topliss-reactive ketones (excluding diaryl/α,β-unsaturated/α-hetero) is 1. The average molecular weight is 500 g/mol. The van der Waals surface area contributed by atoms with E-state index in [1.807, 2.05) is 39.0 Å². The van der Waals surface area contributed by atoms with Gasteiger partial charge in [0.25, 0.3) is 11.7 Å². The Kier molecular flexibility index (Phi) is 7.72. The second kappa shape index (κ2) is 11.1. The van der Waals surface area contributed by atoms with E-state index in [4.69, 9.17) is 9.47 Å². The van der Waals surface area contributed by atoms with Gasteiger partial charge in [-0.05, 0) is 56.2 Å². The predicted octanol–water partition coefficient (Wildman–Crippen LogP) is 5.59. The molecule has 0 aromatic heterocycles. The summed E-state index contributed by atoms with van der Waals surface area (Å²) < 4.78 is 10.8. The molecule has 7 nitrogen and oxygen atoms in total. The van der Waals surface area contributed by atoms with E-state index in [1.165, 1.54) is 11.0 Å². The zero-order valence-electron chi connectivity index (χ0n) is 21.1. The molecule has 0 spiro atoms. The average Bonchev–Trinajstić information content (AvgIpc) is 3.17. The zero-order valence-corrected chi connectivity index (χ0v) is 21.1. The Labute approximate surface area is 215 Å². The molecule has 3 aromatic rings. The third-order valence-corrected chi connectivity index (χ3v) is 6.02. The highest BCUT2D eigenvalue weighted by Gasteiger charge is 2.47. The molecule has 0 saturated carbocycles. The van der Waals surface area contributed by atoms with Gasteiger partial charge in [0.2, 0.25) is 0 Å². The molecule has 7 heteroatoms. The molecule has 37 heavy (non-hydrogen) atoms. The summed E-state index contributed by atoms with van der Waals surface area (Å²) in [6, 6.07) is 19.7. The van der Waals surface area contributed by atoms with Crippen LogP contribution in [-0.4, -0.2) is 36.0 Å². The molecule has 1 aliphatic heterocycles. The molecule has 1 saturated heterocycles. The second-order valence-electron chi connectivity index (χ2n) is 8.73. The Bertz CT molecular complexity index is 1380. The van der Waals surface area contributed by atoms with Crippen LogP contribution in [-0.2, 0) is 14.3 Å². The lowest BCUT2D eigenvalue weighted by atomic mass is 9.94. The topological polar surface area (TPSA) is 93.1 Å². The Hall–Kier alpha value is -4.39. The van der Waals surface area contributed by atoms with Crippen molar-refractivity contribution in [1.29, 1.82) is 0 Å². The van der Waals surface area contributed by atoms with Crippen LogP contribution < -0.4 is 9.64 Å². The van der Waals surface area contributed by atoms with E-state index in [0.29, 0.717) is 35.6 Å². The molecule has 1 unspecified atom stereocenters. The highest BCUT2D eigenvalue weighted by molar-refractivity contribution is 6.51. The first-order valence-electron chi connectivity index (χ1n) is 12.2. The molecule has 1 fully saturated rings. The van der Waals surface area contributed by atoms with E-state index < -0.39 is 23.7 Å². The summed E-state index contributed by atoms with van der Waals surface area (Å²) >= 11 is 0. The molecule has 0 bridgehead atoms. The number of aryl methyl sites for hydroxylation is 1. The number of ketones is 1. The Morgan fingerprint density at radius 3 is 2.41 bits per heavy atom. The first-order valence-corrected chi connectivity index (χ1v) is 12.2. The number of amides is 1. The van der Waals surface area contributed by atoms with Gasteiger partial charge in [-0.3, -0.25) is 14.5 Å². The van der Waals surface area contributed by atoms with Crippen molar-refractivity contribution in [3.05, 3.63) is 101 Å². The van der Waals surface area contributed by atoms with Crippen molar-refractivity contribution in [3.8, 4) is 5.75 Å². The summed E-state index contributed by atoms with van der Waals surface area (Å²) in [5.74, 6) is -1.89. The normalized spacial score (nSPS) is 16.6. The van der Waals surface area contributed by atoms with Gasteiger partial charge in [0.1, 0.15) is 11.5 Å². The van der Waals surface area contributed by atoms with Crippen LogP contribution in [0.1, 0.15) is 53.4 Å². The molecule has 0 aliphatic carbocycles. The number of aliphatic hydroxyl groups is 1. The van der Waals surface area contributed by atoms with E-state index >= 15 is 0 Å². The molecule has 1 N–H and O–H groups in total. The molecule has 190 valence electrons. The van der Waals surface area contributed by atoms with E-state index in [9.17, 15) is 19.5 Å². The number of ether oxygens (including phenoxy) is 2. The fraction of sp³-hybridized carbons (Fsp3) is 0.233. The summed E-state index contributed by atoms with van der Waals surface area (Å²) in [5, 5.41) is 11.4. The monoisotopic (exact) mass is 499 g/mol. The van der Waals surface area contributed by atoms with Gasteiger partial charge in [-0.1, -0.05) is 55.0 Å². The van der Waals surface area contributed by atoms with Crippen molar-refractivity contribution in [2.75, 3.05) is 18.1 Å². The summed E-state index contributed by atoms with van der Waals surface area (Å²) in [6.45, 7) is 6.37. The van der Waals surface area contributed by atoms with Crippen molar-refractivity contribution in [1.82, 2.24) is 0 Å². The molecule has 1 amide bonds. The van der Waals surface area contributed by atoms with Crippen LogP contribution in [0.3, 0.4) is 0 Å². The van der Waals surface area contributed by atoms with Crippen LogP contribution in [0.4, 0.5) is 5.69 Å². The van der Waals surface area contributed by atoms with Crippen molar-refractivity contribution >= 4 is 29.1 Å². The predicted molar refractivity (Wildman–Crippen MR) is 141 cm³/mol. The lowest BCUT2D eigenvalue weighted by molar-refractivity contribution is -0.132. The number of carbonyl (C=O) groups excluding carboxylic acids is 3. The summed E-state index contributed by atoms with van der Waals surface area (Å²) in [7, 11) is 0. The standard InChI is InChI=1S/C30H29NO6/c1-4-15-37-30(35)22-12-7-13-23(17-22)31-26(20-10-6-9-19(3)16-20)25(28(33)29(31)34)27(32)21-11-8-14-24(18-21)36-5-2/h6-14,16-18,26,32H,4-5,15H2,1-3H3/b27-25+. The van der Waals surface area contributed by atoms with Crippen molar-refractivity contribution in [2.45, 2.75) is 33.2 Å². The van der Waals surface area contributed by atoms with Crippen LogP contribution in [0.5, 0.6) is 5.75 Å². The van der Waals surface area contributed by atoms with Gasteiger partial charge in [-0.25, -0.2) is 4.79 Å². The fourth-order valence-electron chi connectivity index (χ4n) is 4.37. The number of anilines is 1. The zero-order chi connectivity index (χ0) is 26.5. The molecule has 4 rings (SSSR count). The molecule has 0 radical (unpaired) electrons. The molecule has 1 heterocycles. The number of hydrogen-bond donors (Lipinski definition) is 1. The number of aliphatic hydroxyl groups excluding tert-OH is 1. The molecule has 1 aliphatic rings. The minimum atomic E-state index is -0.905. The molecular weight excluding hydrogens is 470 g/mol. The van der Waals surface area contributed by atoms with E-state index in [0.717, 1.165) is 5.56 Å². The second-order valence-corrected chi connectivity index (χ2v) is 8.73. The van der Waals surface area contributed by atoms with Crippen LogP contribution >= 0.6 is 0 Å². The van der Waals surface area contributed by atoms with Crippen LogP contribution in [0, 0.1) is 6.92 Å². The summed E-state index contributed by atoms with van der Waals surface area (Å²) in [6.07, 6.45) is 0.678. The third-order valence-electron chi connectivity index (χ3n) is 6.02. The Morgan fingerprint density at radius 1 is 0.946 bits per heavy atom. The lowest BCUT2D eigenvalue weighted by Crippen LogP contribution is -2.29. The first kappa shape index (κ1) is 25.7. The van der Waals surface area contributed by atoms with Crippen molar-refractivity contribution in [2.24, 2.45) is 0 Å². The van der Waals surface area contributed by atoms with Gasteiger partial charge >= 0.3 is 5.97 Å². The number of carbonyl (C=O) groups is 3. The number of benzene rings is 3. The minimum absolute atomic E-state index is 0.0387. The number of esters is 1.